The molecule has 0 aliphatic rings. The van der Waals surface area contributed by atoms with Crippen LogP contribution in [0, 0.1) is 13.8 Å². The minimum absolute atomic E-state index is 0.470. The lowest BCUT2D eigenvalue weighted by atomic mass is 9.97. The molecule has 18 nitrogen and oxygen atoms in total. The molecule has 120 heavy (non-hydrogen) atoms. The normalized spacial score (nSPS) is 11.4. The van der Waals surface area contributed by atoms with Gasteiger partial charge in [-0.3, -0.25) is 15.0 Å². The van der Waals surface area contributed by atoms with Gasteiger partial charge in [0.2, 0.25) is 0 Å². The van der Waals surface area contributed by atoms with Gasteiger partial charge in [-0.2, -0.15) is 0 Å². The van der Waals surface area contributed by atoms with Crippen LogP contribution in [0.15, 0.2) is 353 Å². The average Bonchev–Trinajstić information content (AvgIpc) is 0.749. The first-order valence-corrected chi connectivity index (χ1v) is 39.2. The van der Waals surface area contributed by atoms with Gasteiger partial charge in [-0.25, -0.2) is 74.8 Å². The SMILES string of the molecule is Cc1ccc(-c2nc(-c3ccc(C)cc3)nc(-c3cnc(-c4nc5ccccc5c5c4ccc4ccccc45)nc3)n2)cc1.c1ccc2c(c1)ccc1c(-c3ncc(-c4ccnc5ccccc45)cn3)nc3ccccc3c12.c1ccc2c(c1)ccc1c(-c3ncc(-c4nc(-c5ccncc5)nc(-c5ccncc5)n4)cn3)nc3ccccc3c12. The third-order valence-electron chi connectivity index (χ3n) is 21.6. The summed E-state index contributed by atoms with van der Waals surface area (Å²) in [6.45, 7) is 4.13. The van der Waals surface area contributed by atoms with Crippen LogP contribution in [0.3, 0.4) is 0 Å². The summed E-state index contributed by atoms with van der Waals surface area (Å²) >= 11 is 0. The highest BCUT2D eigenvalue weighted by molar-refractivity contribution is 6.24. The molecule has 0 radical (unpaired) electrons. The van der Waals surface area contributed by atoms with Crippen molar-refractivity contribution in [2.45, 2.75) is 13.8 Å². The van der Waals surface area contributed by atoms with Crippen molar-refractivity contribution in [2.75, 3.05) is 0 Å². The van der Waals surface area contributed by atoms with Gasteiger partial charge in [-0.05, 0) is 106 Å². The van der Waals surface area contributed by atoms with Gasteiger partial charge in [0.05, 0.1) is 33.2 Å². The Balaban J connectivity index is 0.000000112. The van der Waals surface area contributed by atoms with Crippen molar-refractivity contribution in [3.8, 4) is 114 Å². The summed E-state index contributed by atoms with van der Waals surface area (Å²) in [6, 6.07) is 96.8. The van der Waals surface area contributed by atoms with Gasteiger partial charge in [0.25, 0.3) is 0 Å². The molecular weight excluding hydrogens is 1480 g/mol. The van der Waals surface area contributed by atoms with Gasteiger partial charge >= 0.3 is 0 Å². The van der Waals surface area contributed by atoms with Crippen LogP contribution in [0.5, 0.6) is 0 Å². The molecule has 18 heteroatoms. The topological polar surface area (TPSA) is 232 Å². The number of aromatic nitrogens is 18. The lowest BCUT2D eigenvalue weighted by Crippen LogP contribution is -2.01. The van der Waals surface area contributed by atoms with E-state index in [4.69, 9.17) is 74.8 Å². The van der Waals surface area contributed by atoms with Crippen molar-refractivity contribution < 1.29 is 0 Å². The molecule has 23 rings (SSSR count). The second-order valence-electron chi connectivity index (χ2n) is 29.1. The van der Waals surface area contributed by atoms with Crippen LogP contribution in [-0.4, -0.2) is 89.7 Å². The van der Waals surface area contributed by atoms with Crippen LogP contribution < -0.4 is 0 Å². The van der Waals surface area contributed by atoms with Gasteiger partial charge in [0, 0.05) is 150 Å². The molecule has 0 saturated carbocycles. The highest BCUT2D eigenvalue weighted by atomic mass is 15.1. The van der Waals surface area contributed by atoms with Gasteiger partial charge in [0.1, 0.15) is 17.1 Å². The summed E-state index contributed by atoms with van der Waals surface area (Å²) in [6.07, 6.45) is 19.5. The average molecular weight is 1540 g/mol. The minimum atomic E-state index is 0.470. The van der Waals surface area contributed by atoms with E-state index in [1.54, 1.807) is 49.6 Å². The maximum absolute atomic E-state index is 5.04. The Kier molecular flexibility index (Phi) is 18.2. The lowest BCUT2D eigenvalue weighted by molar-refractivity contribution is 1.06. The maximum Gasteiger partial charge on any atom is 0.178 e. The number of nitrogens with zero attached hydrogens (tertiary/aromatic N) is 18. The van der Waals surface area contributed by atoms with Crippen molar-refractivity contribution in [1.82, 2.24) is 89.7 Å². The predicted octanol–water partition coefficient (Wildman–Crippen LogP) is 23.0. The van der Waals surface area contributed by atoms with Crippen LogP contribution in [0.25, 0.3) is 222 Å². The monoisotopic (exact) mass is 1540 g/mol. The smallest absolute Gasteiger partial charge is 0.178 e. The molecule has 11 heterocycles. The second kappa shape index (κ2) is 30.6. The second-order valence-corrected chi connectivity index (χ2v) is 29.1. The third-order valence-corrected chi connectivity index (χ3v) is 21.6. The zero-order valence-electron chi connectivity index (χ0n) is 64.5. The van der Waals surface area contributed by atoms with E-state index in [0.717, 1.165) is 121 Å². The summed E-state index contributed by atoms with van der Waals surface area (Å²) in [5.74, 6) is 4.95. The first kappa shape index (κ1) is 71.2. The van der Waals surface area contributed by atoms with E-state index in [9.17, 15) is 0 Å². The molecule has 0 amide bonds. The first-order chi connectivity index (χ1) is 59.3. The highest BCUT2D eigenvalue weighted by Crippen LogP contribution is 2.41. The van der Waals surface area contributed by atoms with Gasteiger partial charge in [0.15, 0.2) is 52.4 Å². The molecule has 11 aromatic heterocycles. The summed E-state index contributed by atoms with van der Waals surface area (Å²) in [5, 5.41) is 18.1. The Hall–Kier alpha value is -16.6. The van der Waals surface area contributed by atoms with Crippen LogP contribution in [0.2, 0.25) is 0 Å². The Morgan fingerprint density at radius 1 is 0.175 bits per heavy atom. The summed E-state index contributed by atoms with van der Waals surface area (Å²) in [7, 11) is 0. The summed E-state index contributed by atoms with van der Waals surface area (Å²) in [5.41, 5.74) is 15.2. The van der Waals surface area contributed by atoms with Crippen LogP contribution in [-0.2, 0) is 0 Å². The fourth-order valence-corrected chi connectivity index (χ4v) is 15.7. The Labute approximate surface area is 686 Å². The molecule has 0 spiro atoms. The Morgan fingerprint density at radius 3 is 0.808 bits per heavy atom. The number of para-hydroxylation sites is 4. The molecule has 0 atom stereocenters. The van der Waals surface area contributed by atoms with E-state index >= 15 is 0 Å². The van der Waals surface area contributed by atoms with Crippen LogP contribution >= 0.6 is 0 Å². The number of fused-ring (bicyclic) bond motifs is 16. The minimum Gasteiger partial charge on any atom is -0.265 e. The molecule has 0 unspecified atom stereocenters. The number of benzene rings is 12. The predicted molar refractivity (Wildman–Crippen MR) is 479 cm³/mol. The van der Waals surface area contributed by atoms with E-state index < -0.39 is 0 Å². The fraction of sp³-hybridized carbons (Fsp3) is 0.0196. The molecule has 0 bridgehead atoms. The van der Waals surface area contributed by atoms with E-state index in [1.165, 1.54) is 48.8 Å². The highest BCUT2D eigenvalue weighted by Gasteiger charge is 2.22. The number of rotatable bonds is 10. The fourth-order valence-electron chi connectivity index (χ4n) is 15.7. The molecule has 0 saturated heterocycles. The third kappa shape index (κ3) is 13.5. The number of aryl methyl sites for hydroxylation is 2. The Morgan fingerprint density at radius 2 is 0.458 bits per heavy atom. The van der Waals surface area contributed by atoms with Crippen molar-refractivity contribution in [3.05, 3.63) is 364 Å². The van der Waals surface area contributed by atoms with E-state index in [2.05, 4.69) is 205 Å². The standard InChI is InChI=1S/C38H26N6.C34H20N8.C30H18N4/c1-23-11-15-26(16-12-23)35-42-36(27-17-13-24(2)14-18-27)44-37(43-35)28-21-39-38(40-22-28)34-31-20-19-25-7-3-4-8-29(25)33(31)30-9-5-6-10-32(30)41-34;1-2-6-25-21(5-1)9-10-27-29(25)26-7-3-4-8-28(26)39-30(27)34-37-19-24(20-38-34)33-41-31(22-11-15-35-16-12-22)40-32(42-33)23-13-17-36-18-14-23;1-2-8-22-19(7-1)13-14-25-28(22)24-10-4-6-12-27(24)34-29(25)30-32-17-20(18-33-30)21-15-16-31-26-11-5-3-9-23(21)26/h3-22H,1-2H3;1-20H;1-18H. The van der Waals surface area contributed by atoms with Gasteiger partial charge < -0.3 is 0 Å². The van der Waals surface area contributed by atoms with Gasteiger partial charge in [-0.15, -0.1) is 0 Å². The van der Waals surface area contributed by atoms with Crippen LogP contribution in [0.1, 0.15) is 11.1 Å². The number of hydrogen-bond donors (Lipinski definition) is 0. The zero-order valence-corrected chi connectivity index (χ0v) is 64.5. The van der Waals surface area contributed by atoms with Crippen LogP contribution in [0.4, 0.5) is 0 Å². The summed E-state index contributed by atoms with van der Waals surface area (Å²) < 4.78 is 0. The molecule has 0 aliphatic carbocycles. The molecule has 23 aromatic rings. The largest absolute Gasteiger partial charge is 0.265 e. The Bertz CT molecular complexity index is 7730. The van der Waals surface area contributed by atoms with E-state index in [1.807, 2.05) is 128 Å². The number of hydrogen-bond acceptors (Lipinski definition) is 18. The van der Waals surface area contributed by atoms with Crippen molar-refractivity contribution in [1.29, 1.82) is 0 Å². The first-order valence-electron chi connectivity index (χ1n) is 39.2. The quantitative estimate of drug-likeness (QED) is 0.116. The molecule has 12 aromatic carbocycles. The number of pyridine rings is 6. The molecule has 0 aliphatic heterocycles. The molecule has 562 valence electrons. The van der Waals surface area contributed by atoms with Crippen molar-refractivity contribution in [2.24, 2.45) is 0 Å². The molecular formula is C102H64N18. The van der Waals surface area contributed by atoms with E-state index in [0.29, 0.717) is 63.5 Å². The molecule has 0 fully saturated rings. The van der Waals surface area contributed by atoms with Gasteiger partial charge in [-0.1, -0.05) is 242 Å². The van der Waals surface area contributed by atoms with Crippen molar-refractivity contribution in [3.63, 3.8) is 0 Å². The van der Waals surface area contributed by atoms with Crippen molar-refractivity contribution >= 4 is 108 Å². The van der Waals surface area contributed by atoms with E-state index in [-0.39, 0.29) is 0 Å². The summed E-state index contributed by atoms with van der Waals surface area (Å²) in [4.78, 5) is 85.3. The lowest BCUT2D eigenvalue weighted by Gasteiger charge is -2.12. The molecule has 0 N–H and O–H groups in total. The zero-order chi connectivity index (χ0) is 80.0. The maximum atomic E-state index is 5.04.